The minimum atomic E-state index is -0.456. The second-order valence-corrected chi connectivity index (χ2v) is 15.6. The SMILES string of the molecule is c1ccc(-c2ccc(-c3nc(-c4ccccc4)nc(-c4cccc(-c5cccc(-c6ccc7c(c6)C(c6ccccc6)(c6ccccc6)c6ccccc6-7)c5)c4)n3)cc2)cc1. The van der Waals surface area contributed by atoms with Gasteiger partial charge in [0.25, 0.3) is 0 Å². The fourth-order valence-corrected chi connectivity index (χ4v) is 9.13. The summed E-state index contributed by atoms with van der Waals surface area (Å²) in [6, 6.07) is 84.3. The molecular formula is C58H39N3. The van der Waals surface area contributed by atoms with Crippen molar-refractivity contribution in [2.45, 2.75) is 5.41 Å². The van der Waals surface area contributed by atoms with Crippen LogP contribution in [0.2, 0.25) is 0 Å². The smallest absolute Gasteiger partial charge is 0.164 e. The molecule has 1 aliphatic rings. The van der Waals surface area contributed by atoms with Crippen LogP contribution >= 0.6 is 0 Å². The molecule has 0 spiro atoms. The average molecular weight is 778 g/mol. The second kappa shape index (κ2) is 15.3. The predicted molar refractivity (Wildman–Crippen MR) is 250 cm³/mol. The number of hydrogen-bond acceptors (Lipinski definition) is 3. The van der Waals surface area contributed by atoms with Gasteiger partial charge in [-0.25, -0.2) is 15.0 Å². The van der Waals surface area contributed by atoms with E-state index in [0.717, 1.165) is 38.9 Å². The average Bonchev–Trinajstić information content (AvgIpc) is 3.65. The lowest BCUT2D eigenvalue weighted by molar-refractivity contribution is 0.769. The van der Waals surface area contributed by atoms with Crippen molar-refractivity contribution >= 4 is 0 Å². The zero-order valence-electron chi connectivity index (χ0n) is 33.4. The Labute approximate surface area is 356 Å². The van der Waals surface area contributed by atoms with E-state index in [1.807, 2.05) is 36.4 Å². The van der Waals surface area contributed by atoms with Crippen molar-refractivity contribution in [3.05, 3.63) is 259 Å². The third-order valence-electron chi connectivity index (χ3n) is 12.0. The van der Waals surface area contributed by atoms with E-state index in [-0.39, 0.29) is 0 Å². The lowest BCUT2D eigenvalue weighted by atomic mass is 9.67. The van der Waals surface area contributed by atoms with Crippen LogP contribution in [0.15, 0.2) is 237 Å². The van der Waals surface area contributed by atoms with Crippen molar-refractivity contribution in [2.24, 2.45) is 0 Å². The molecule has 1 heterocycles. The van der Waals surface area contributed by atoms with E-state index < -0.39 is 5.41 Å². The summed E-state index contributed by atoms with van der Waals surface area (Å²) < 4.78 is 0. The topological polar surface area (TPSA) is 38.7 Å². The predicted octanol–water partition coefficient (Wildman–Crippen LogP) is 14.2. The Morgan fingerprint density at radius 2 is 0.590 bits per heavy atom. The third-order valence-corrected chi connectivity index (χ3v) is 12.0. The van der Waals surface area contributed by atoms with Crippen molar-refractivity contribution in [1.29, 1.82) is 0 Å². The molecule has 3 heteroatoms. The maximum atomic E-state index is 5.09. The standard InChI is InChI=1S/C58H39N3/c1-5-17-40(18-6-1)41-31-33-43(34-32-41)56-59-55(42-19-7-2-8-20-42)60-57(61-56)48-24-16-23-46(38-48)44-21-15-22-45(37-44)47-35-36-52-51-29-13-14-30-53(51)58(54(52)39-47,49-25-9-3-10-26-49)50-27-11-4-12-28-50/h1-39H. The Balaban J connectivity index is 0.992. The van der Waals surface area contributed by atoms with Gasteiger partial charge in [-0.1, -0.05) is 218 Å². The normalized spacial score (nSPS) is 12.4. The molecule has 11 rings (SSSR count). The lowest BCUT2D eigenvalue weighted by Crippen LogP contribution is -2.28. The molecule has 1 aliphatic carbocycles. The van der Waals surface area contributed by atoms with Crippen LogP contribution in [0, 0.1) is 0 Å². The highest BCUT2D eigenvalue weighted by molar-refractivity contribution is 5.89. The minimum Gasteiger partial charge on any atom is -0.208 e. The van der Waals surface area contributed by atoms with Crippen LogP contribution in [0.1, 0.15) is 22.3 Å². The van der Waals surface area contributed by atoms with E-state index in [2.05, 4.69) is 200 Å². The zero-order chi connectivity index (χ0) is 40.6. The molecule has 286 valence electrons. The summed E-state index contributed by atoms with van der Waals surface area (Å²) in [5.74, 6) is 1.91. The molecule has 9 aromatic carbocycles. The van der Waals surface area contributed by atoms with Crippen LogP contribution in [0.25, 0.3) is 78.7 Å². The van der Waals surface area contributed by atoms with Gasteiger partial charge in [-0.3, -0.25) is 0 Å². The Hall–Kier alpha value is -8.01. The summed E-state index contributed by atoms with van der Waals surface area (Å²) in [5.41, 5.74) is 16.9. The number of hydrogen-bond donors (Lipinski definition) is 0. The molecule has 10 aromatic rings. The van der Waals surface area contributed by atoms with Crippen molar-refractivity contribution in [3.8, 4) is 78.7 Å². The number of fused-ring (bicyclic) bond motifs is 3. The molecule has 61 heavy (non-hydrogen) atoms. The summed E-state index contributed by atoms with van der Waals surface area (Å²) in [7, 11) is 0. The fourth-order valence-electron chi connectivity index (χ4n) is 9.13. The summed E-state index contributed by atoms with van der Waals surface area (Å²) in [6.07, 6.45) is 0. The molecule has 0 fully saturated rings. The van der Waals surface area contributed by atoms with Gasteiger partial charge in [0, 0.05) is 16.7 Å². The molecule has 0 radical (unpaired) electrons. The quantitative estimate of drug-likeness (QED) is 0.154. The number of nitrogens with zero attached hydrogens (tertiary/aromatic N) is 3. The number of benzene rings is 9. The molecule has 3 nitrogen and oxygen atoms in total. The van der Waals surface area contributed by atoms with Crippen molar-refractivity contribution in [2.75, 3.05) is 0 Å². The van der Waals surface area contributed by atoms with Crippen molar-refractivity contribution in [1.82, 2.24) is 15.0 Å². The first-order valence-electron chi connectivity index (χ1n) is 20.8. The van der Waals surface area contributed by atoms with E-state index in [0.29, 0.717) is 17.5 Å². The molecule has 0 amide bonds. The monoisotopic (exact) mass is 777 g/mol. The zero-order valence-corrected chi connectivity index (χ0v) is 33.4. The van der Waals surface area contributed by atoms with Gasteiger partial charge in [-0.2, -0.15) is 0 Å². The number of rotatable bonds is 8. The van der Waals surface area contributed by atoms with E-state index in [1.165, 1.54) is 44.5 Å². The second-order valence-electron chi connectivity index (χ2n) is 15.6. The van der Waals surface area contributed by atoms with Crippen LogP contribution in [0.4, 0.5) is 0 Å². The van der Waals surface area contributed by atoms with Crippen LogP contribution < -0.4 is 0 Å². The maximum absolute atomic E-state index is 5.09. The van der Waals surface area contributed by atoms with Gasteiger partial charge in [-0.15, -0.1) is 0 Å². The molecule has 0 aliphatic heterocycles. The lowest BCUT2D eigenvalue weighted by Gasteiger charge is -2.34. The van der Waals surface area contributed by atoms with Gasteiger partial charge in [-0.05, 0) is 85.0 Å². The van der Waals surface area contributed by atoms with Crippen molar-refractivity contribution < 1.29 is 0 Å². The Morgan fingerprint density at radius 3 is 1.18 bits per heavy atom. The first-order valence-corrected chi connectivity index (χ1v) is 20.8. The maximum Gasteiger partial charge on any atom is 0.164 e. The minimum absolute atomic E-state index is 0.456. The molecule has 1 aromatic heterocycles. The van der Waals surface area contributed by atoms with E-state index >= 15 is 0 Å². The first-order chi connectivity index (χ1) is 30.2. The molecule has 0 bridgehead atoms. The van der Waals surface area contributed by atoms with Crippen LogP contribution in [-0.2, 0) is 5.41 Å². The van der Waals surface area contributed by atoms with E-state index in [9.17, 15) is 0 Å². The van der Waals surface area contributed by atoms with Gasteiger partial charge >= 0.3 is 0 Å². The molecular weight excluding hydrogens is 739 g/mol. The van der Waals surface area contributed by atoms with Crippen LogP contribution in [0.3, 0.4) is 0 Å². The summed E-state index contributed by atoms with van der Waals surface area (Å²) in [4.78, 5) is 15.1. The summed E-state index contributed by atoms with van der Waals surface area (Å²) >= 11 is 0. The van der Waals surface area contributed by atoms with Crippen molar-refractivity contribution in [3.63, 3.8) is 0 Å². The highest BCUT2D eigenvalue weighted by Gasteiger charge is 2.46. The summed E-state index contributed by atoms with van der Waals surface area (Å²) in [6.45, 7) is 0. The molecule has 0 unspecified atom stereocenters. The molecule has 0 atom stereocenters. The fraction of sp³-hybridized carbons (Fsp3) is 0.0172. The van der Waals surface area contributed by atoms with E-state index in [1.54, 1.807) is 0 Å². The number of aromatic nitrogens is 3. The first kappa shape index (κ1) is 36.1. The van der Waals surface area contributed by atoms with E-state index in [4.69, 9.17) is 15.0 Å². The molecule has 0 saturated heterocycles. The Morgan fingerprint density at radius 1 is 0.230 bits per heavy atom. The molecule has 0 saturated carbocycles. The highest BCUT2D eigenvalue weighted by Crippen LogP contribution is 2.56. The van der Waals surface area contributed by atoms with Gasteiger partial charge in [0.2, 0.25) is 0 Å². The van der Waals surface area contributed by atoms with Gasteiger partial charge in [0.1, 0.15) is 0 Å². The Kier molecular flexibility index (Phi) is 9.05. The molecule has 0 N–H and O–H groups in total. The third kappa shape index (κ3) is 6.44. The summed E-state index contributed by atoms with van der Waals surface area (Å²) in [5, 5.41) is 0. The van der Waals surface area contributed by atoms with Gasteiger partial charge in [0.15, 0.2) is 17.5 Å². The largest absolute Gasteiger partial charge is 0.208 e. The van der Waals surface area contributed by atoms with Crippen LogP contribution in [-0.4, -0.2) is 15.0 Å². The Bertz CT molecular complexity index is 3120. The van der Waals surface area contributed by atoms with Crippen LogP contribution in [0.5, 0.6) is 0 Å². The highest BCUT2D eigenvalue weighted by atomic mass is 15.0. The van der Waals surface area contributed by atoms with Gasteiger partial charge in [0.05, 0.1) is 5.41 Å². The van der Waals surface area contributed by atoms with Gasteiger partial charge < -0.3 is 0 Å².